The molecule has 1 aromatic heterocycles. The molecule has 4 heteroatoms. The van der Waals surface area contributed by atoms with Crippen molar-refractivity contribution in [3.05, 3.63) is 22.1 Å². The van der Waals surface area contributed by atoms with E-state index in [2.05, 4.69) is 11.9 Å². The van der Waals surface area contributed by atoms with Crippen molar-refractivity contribution in [1.29, 1.82) is 0 Å². The SMILES string of the molecule is CCCCCCn1c(OC)nc(C)cc1=O. The molecule has 16 heavy (non-hydrogen) atoms. The molecule has 0 fully saturated rings. The summed E-state index contributed by atoms with van der Waals surface area (Å²) in [6, 6.07) is 1.96. The summed E-state index contributed by atoms with van der Waals surface area (Å²) < 4.78 is 6.72. The molecule has 0 atom stereocenters. The van der Waals surface area contributed by atoms with E-state index in [1.807, 2.05) is 0 Å². The van der Waals surface area contributed by atoms with Crippen LogP contribution in [-0.2, 0) is 6.54 Å². The summed E-state index contributed by atoms with van der Waals surface area (Å²) in [7, 11) is 1.55. The van der Waals surface area contributed by atoms with Crippen LogP contribution in [0.3, 0.4) is 0 Å². The molecule has 0 amide bonds. The van der Waals surface area contributed by atoms with Crippen molar-refractivity contribution >= 4 is 0 Å². The number of aromatic nitrogens is 2. The van der Waals surface area contributed by atoms with E-state index in [1.165, 1.54) is 12.8 Å². The zero-order valence-corrected chi connectivity index (χ0v) is 10.3. The second kappa shape index (κ2) is 6.30. The molecule has 0 aromatic carbocycles. The van der Waals surface area contributed by atoms with Crippen LogP contribution >= 0.6 is 0 Å². The van der Waals surface area contributed by atoms with Crippen LogP contribution in [0.1, 0.15) is 38.3 Å². The first kappa shape index (κ1) is 12.7. The van der Waals surface area contributed by atoms with Crippen LogP contribution in [0.2, 0.25) is 0 Å². The molecule has 0 radical (unpaired) electrons. The van der Waals surface area contributed by atoms with Gasteiger partial charge < -0.3 is 4.74 Å². The molecule has 0 spiro atoms. The van der Waals surface area contributed by atoms with Gasteiger partial charge in [0.05, 0.1) is 7.11 Å². The summed E-state index contributed by atoms with van der Waals surface area (Å²) in [6.45, 7) is 4.65. The molecule has 90 valence electrons. The van der Waals surface area contributed by atoms with Gasteiger partial charge in [0.2, 0.25) is 0 Å². The van der Waals surface area contributed by atoms with E-state index < -0.39 is 0 Å². The van der Waals surface area contributed by atoms with Crippen LogP contribution in [-0.4, -0.2) is 16.7 Å². The quantitative estimate of drug-likeness (QED) is 0.695. The first-order valence-electron chi connectivity index (χ1n) is 5.81. The van der Waals surface area contributed by atoms with Crippen LogP contribution in [0.4, 0.5) is 0 Å². The molecular formula is C12H20N2O2. The third-order valence-electron chi connectivity index (χ3n) is 2.52. The Morgan fingerprint density at radius 3 is 2.75 bits per heavy atom. The minimum absolute atomic E-state index is 0.0270. The number of nitrogens with zero attached hydrogens (tertiary/aromatic N) is 2. The van der Waals surface area contributed by atoms with Gasteiger partial charge in [-0.15, -0.1) is 0 Å². The second-order valence-corrected chi connectivity index (χ2v) is 3.93. The molecule has 0 aliphatic carbocycles. The van der Waals surface area contributed by atoms with Crippen LogP contribution in [0.25, 0.3) is 0 Å². The summed E-state index contributed by atoms with van der Waals surface area (Å²) >= 11 is 0. The van der Waals surface area contributed by atoms with Crippen molar-refractivity contribution < 1.29 is 4.74 Å². The first-order valence-corrected chi connectivity index (χ1v) is 5.81. The van der Waals surface area contributed by atoms with E-state index in [4.69, 9.17) is 4.74 Å². The van der Waals surface area contributed by atoms with Crippen LogP contribution in [0.5, 0.6) is 6.01 Å². The summed E-state index contributed by atoms with van der Waals surface area (Å²) in [4.78, 5) is 15.9. The number of hydrogen-bond donors (Lipinski definition) is 0. The zero-order chi connectivity index (χ0) is 12.0. The standard InChI is InChI=1S/C12H20N2O2/c1-4-5-6-7-8-14-11(15)9-10(2)13-12(14)16-3/h9H,4-8H2,1-3H3. The Bertz CT molecular complexity index is 385. The predicted octanol–water partition coefficient (Wildman–Crippen LogP) is 2.14. The number of unbranched alkanes of at least 4 members (excludes halogenated alkanes) is 3. The molecule has 0 N–H and O–H groups in total. The number of methoxy groups -OCH3 is 1. The number of rotatable bonds is 6. The van der Waals surface area contributed by atoms with Gasteiger partial charge in [0.25, 0.3) is 11.6 Å². The van der Waals surface area contributed by atoms with E-state index in [9.17, 15) is 4.79 Å². The van der Waals surface area contributed by atoms with Gasteiger partial charge in [0.1, 0.15) is 0 Å². The molecule has 1 aromatic rings. The minimum Gasteiger partial charge on any atom is -0.468 e. The Morgan fingerprint density at radius 1 is 1.38 bits per heavy atom. The average Bonchev–Trinajstić information content (AvgIpc) is 2.26. The van der Waals surface area contributed by atoms with Gasteiger partial charge in [-0.1, -0.05) is 26.2 Å². The van der Waals surface area contributed by atoms with Crippen LogP contribution < -0.4 is 10.3 Å². The fourth-order valence-corrected chi connectivity index (χ4v) is 1.65. The molecule has 0 aliphatic rings. The van der Waals surface area contributed by atoms with Crippen molar-refractivity contribution in [2.45, 2.75) is 46.1 Å². The lowest BCUT2D eigenvalue weighted by Gasteiger charge is -2.10. The van der Waals surface area contributed by atoms with Gasteiger partial charge in [0, 0.05) is 18.3 Å². The maximum Gasteiger partial charge on any atom is 0.299 e. The number of ether oxygens (including phenoxy) is 1. The lowest BCUT2D eigenvalue weighted by atomic mass is 10.2. The summed E-state index contributed by atoms with van der Waals surface area (Å²) in [5.41, 5.74) is 0.674. The molecule has 4 nitrogen and oxygen atoms in total. The van der Waals surface area contributed by atoms with Gasteiger partial charge in [-0.3, -0.25) is 9.36 Å². The lowest BCUT2D eigenvalue weighted by Crippen LogP contribution is -2.22. The Hall–Kier alpha value is -1.32. The second-order valence-electron chi connectivity index (χ2n) is 3.93. The molecule has 0 aliphatic heterocycles. The molecular weight excluding hydrogens is 204 g/mol. The van der Waals surface area contributed by atoms with E-state index in [0.717, 1.165) is 12.8 Å². The largest absolute Gasteiger partial charge is 0.468 e. The smallest absolute Gasteiger partial charge is 0.299 e. The van der Waals surface area contributed by atoms with Crippen LogP contribution in [0.15, 0.2) is 10.9 Å². The van der Waals surface area contributed by atoms with E-state index in [-0.39, 0.29) is 5.56 Å². The highest BCUT2D eigenvalue weighted by Crippen LogP contribution is 2.07. The van der Waals surface area contributed by atoms with Gasteiger partial charge in [-0.25, -0.2) is 4.98 Å². The van der Waals surface area contributed by atoms with E-state index in [1.54, 1.807) is 24.7 Å². The van der Waals surface area contributed by atoms with Gasteiger partial charge in [-0.2, -0.15) is 0 Å². The molecule has 0 saturated heterocycles. The minimum atomic E-state index is -0.0270. The summed E-state index contributed by atoms with van der Waals surface area (Å²) in [6.07, 6.45) is 4.53. The molecule has 0 bridgehead atoms. The van der Waals surface area contributed by atoms with E-state index >= 15 is 0 Å². The lowest BCUT2D eigenvalue weighted by molar-refractivity contribution is 0.340. The third-order valence-corrected chi connectivity index (χ3v) is 2.52. The summed E-state index contributed by atoms with van der Waals surface area (Å²) in [5, 5.41) is 0. The van der Waals surface area contributed by atoms with Gasteiger partial charge in [-0.05, 0) is 13.3 Å². The average molecular weight is 224 g/mol. The van der Waals surface area contributed by atoms with Crippen molar-refractivity contribution in [2.75, 3.05) is 7.11 Å². The Labute approximate surface area is 96.3 Å². The van der Waals surface area contributed by atoms with Crippen LogP contribution in [0, 0.1) is 6.92 Å². The Balaban J connectivity index is 2.74. The van der Waals surface area contributed by atoms with Crippen molar-refractivity contribution in [3.8, 4) is 6.01 Å². The molecule has 1 rings (SSSR count). The van der Waals surface area contributed by atoms with Crippen molar-refractivity contribution in [3.63, 3.8) is 0 Å². The highest BCUT2D eigenvalue weighted by molar-refractivity contribution is 5.06. The predicted molar refractivity (Wildman–Crippen MR) is 63.9 cm³/mol. The number of hydrogen-bond acceptors (Lipinski definition) is 3. The Kier molecular flexibility index (Phi) is 5.02. The fraction of sp³-hybridized carbons (Fsp3) is 0.667. The van der Waals surface area contributed by atoms with Crippen molar-refractivity contribution in [2.24, 2.45) is 0 Å². The fourth-order valence-electron chi connectivity index (χ4n) is 1.65. The maximum absolute atomic E-state index is 11.7. The first-order chi connectivity index (χ1) is 7.69. The topological polar surface area (TPSA) is 44.1 Å². The number of aryl methyl sites for hydroxylation is 1. The van der Waals surface area contributed by atoms with Crippen molar-refractivity contribution in [1.82, 2.24) is 9.55 Å². The van der Waals surface area contributed by atoms with E-state index in [0.29, 0.717) is 18.2 Å². The normalized spacial score (nSPS) is 10.4. The molecule has 0 saturated carbocycles. The monoisotopic (exact) mass is 224 g/mol. The highest BCUT2D eigenvalue weighted by Gasteiger charge is 2.06. The maximum atomic E-state index is 11.7. The summed E-state index contributed by atoms with van der Waals surface area (Å²) in [5.74, 6) is 0. The third kappa shape index (κ3) is 3.36. The zero-order valence-electron chi connectivity index (χ0n) is 10.3. The van der Waals surface area contributed by atoms with Gasteiger partial charge in [0.15, 0.2) is 0 Å². The molecule has 0 unspecified atom stereocenters. The Morgan fingerprint density at radius 2 is 2.12 bits per heavy atom. The van der Waals surface area contributed by atoms with Gasteiger partial charge >= 0.3 is 0 Å². The highest BCUT2D eigenvalue weighted by atomic mass is 16.5. The molecule has 1 heterocycles.